The van der Waals surface area contributed by atoms with Gasteiger partial charge < -0.3 is 5.32 Å². The Labute approximate surface area is 76.1 Å². The summed E-state index contributed by atoms with van der Waals surface area (Å²) >= 11 is 0. The molecule has 0 bridgehead atoms. The molecule has 0 unspecified atom stereocenters. The highest BCUT2D eigenvalue weighted by atomic mass is 19.4. The van der Waals surface area contributed by atoms with Crippen molar-refractivity contribution in [1.82, 2.24) is 10.2 Å². The van der Waals surface area contributed by atoms with E-state index in [9.17, 15) is 13.2 Å². The fourth-order valence-electron chi connectivity index (χ4n) is 1.64. The number of rotatable bonds is 1. The zero-order valence-electron chi connectivity index (χ0n) is 7.86. The molecular weight excluding hydrogens is 181 g/mol. The van der Waals surface area contributed by atoms with Crippen LogP contribution >= 0.6 is 0 Å². The zero-order valence-corrected chi connectivity index (χ0v) is 7.86. The maximum absolute atomic E-state index is 12.5. The Bertz CT molecular complexity index is 167. The molecule has 0 amide bonds. The van der Waals surface area contributed by atoms with E-state index < -0.39 is 12.2 Å². The highest BCUT2D eigenvalue weighted by Crippen LogP contribution is 2.26. The first kappa shape index (κ1) is 10.8. The topological polar surface area (TPSA) is 15.3 Å². The van der Waals surface area contributed by atoms with Crippen LogP contribution < -0.4 is 5.32 Å². The predicted molar refractivity (Wildman–Crippen MR) is 44.6 cm³/mol. The van der Waals surface area contributed by atoms with Crippen LogP contribution in [0.15, 0.2) is 0 Å². The third-order valence-electron chi connectivity index (χ3n) is 2.33. The molecule has 1 aliphatic heterocycles. The Kier molecular flexibility index (Phi) is 3.18. The number of halogens is 3. The normalized spacial score (nSPS) is 26.8. The lowest BCUT2D eigenvalue weighted by atomic mass is 10.1. The number of hydrogen-bond acceptors (Lipinski definition) is 2. The Morgan fingerprint density at radius 2 is 2.00 bits per heavy atom. The Morgan fingerprint density at radius 1 is 1.38 bits per heavy atom. The SMILES string of the molecule is CC(C)N1CCNC[C@H]1C(F)(F)F. The molecule has 1 heterocycles. The highest BCUT2D eigenvalue weighted by molar-refractivity contribution is 4.86. The van der Waals surface area contributed by atoms with Crippen molar-refractivity contribution in [2.75, 3.05) is 19.6 Å². The van der Waals surface area contributed by atoms with Gasteiger partial charge in [-0.15, -0.1) is 0 Å². The Balaban J connectivity index is 2.67. The molecule has 0 radical (unpaired) electrons. The van der Waals surface area contributed by atoms with Crippen LogP contribution in [0.3, 0.4) is 0 Å². The summed E-state index contributed by atoms with van der Waals surface area (Å²) in [4.78, 5) is 1.50. The number of nitrogens with one attached hydrogen (secondary N) is 1. The van der Waals surface area contributed by atoms with Crippen LogP contribution in [0.25, 0.3) is 0 Å². The van der Waals surface area contributed by atoms with E-state index in [1.165, 1.54) is 4.90 Å². The minimum Gasteiger partial charge on any atom is -0.314 e. The van der Waals surface area contributed by atoms with Crippen LogP contribution in [0.1, 0.15) is 13.8 Å². The van der Waals surface area contributed by atoms with Crippen LogP contribution in [0.2, 0.25) is 0 Å². The van der Waals surface area contributed by atoms with Crippen molar-refractivity contribution >= 4 is 0 Å². The molecule has 0 aliphatic carbocycles. The van der Waals surface area contributed by atoms with E-state index in [4.69, 9.17) is 0 Å². The fourth-order valence-corrected chi connectivity index (χ4v) is 1.64. The monoisotopic (exact) mass is 196 g/mol. The third-order valence-corrected chi connectivity index (χ3v) is 2.33. The van der Waals surface area contributed by atoms with E-state index in [-0.39, 0.29) is 12.6 Å². The standard InChI is InChI=1S/C8H15F3N2/c1-6(2)13-4-3-12-5-7(13)8(9,10)11/h6-7,12H,3-5H2,1-2H3/t7-/m0/s1. The molecule has 1 fully saturated rings. The van der Waals surface area contributed by atoms with Gasteiger partial charge >= 0.3 is 6.18 Å². The van der Waals surface area contributed by atoms with Gasteiger partial charge in [-0.2, -0.15) is 13.2 Å². The van der Waals surface area contributed by atoms with Gasteiger partial charge in [-0.25, -0.2) is 0 Å². The molecule has 1 N–H and O–H groups in total. The summed E-state index contributed by atoms with van der Waals surface area (Å²) in [5.74, 6) is 0. The molecule has 2 nitrogen and oxygen atoms in total. The molecule has 78 valence electrons. The second-order valence-electron chi connectivity index (χ2n) is 3.59. The van der Waals surface area contributed by atoms with Crippen molar-refractivity contribution in [2.24, 2.45) is 0 Å². The van der Waals surface area contributed by atoms with Gasteiger partial charge in [0, 0.05) is 25.7 Å². The quantitative estimate of drug-likeness (QED) is 0.678. The van der Waals surface area contributed by atoms with E-state index in [0.29, 0.717) is 13.1 Å². The lowest BCUT2D eigenvalue weighted by Crippen LogP contribution is -2.59. The number of alkyl halides is 3. The van der Waals surface area contributed by atoms with Crippen molar-refractivity contribution in [1.29, 1.82) is 0 Å². The van der Waals surface area contributed by atoms with Crippen LogP contribution in [0, 0.1) is 0 Å². The first-order valence-corrected chi connectivity index (χ1v) is 4.46. The second kappa shape index (κ2) is 3.84. The van der Waals surface area contributed by atoms with Crippen molar-refractivity contribution in [3.63, 3.8) is 0 Å². The van der Waals surface area contributed by atoms with Gasteiger partial charge in [-0.3, -0.25) is 4.90 Å². The lowest BCUT2D eigenvalue weighted by Gasteiger charge is -2.39. The van der Waals surface area contributed by atoms with Crippen LogP contribution in [0.4, 0.5) is 13.2 Å². The minimum absolute atomic E-state index is 0.0156. The van der Waals surface area contributed by atoms with Crippen LogP contribution in [-0.2, 0) is 0 Å². The van der Waals surface area contributed by atoms with Crippen LogP contribution in [-0.4, -0.2) is 42.8 Å². The summed E-state index contributed by atoms with van der Waals surface area (Å²) in [5, 5.41) is 2.76. The molecular formula is C8H15F3N2. The largest absolute Gasteiger partial charge is 0.405 e. The molecule has 13 heavy (non-hydrogen) atoms. The van der Waals surface area contributed by atoms with Gasteiger partial charge in [-0.05, 0) is 13.8 Å². The van der Waals surface area contributed by atoms with E-state index in [1.54, 1.807) is 13.8 Å². The summed E-state index contributed by atoms with van der Waals surface area (Å²) in [5.41, 5.74) is 0. The van der Waals surface area contributed by atoms with Gasteiger partial charge in [0.1, 0.15) is 6.04 Å². The van der Waals surface area contributed by atoms with Crippen molar-refractivity contribution in [3.8, 4) is 0 Å². The first-order valence-electron chi connectivity index (χ1n) is 4.46. The lowest BCUT2D eigenvalue weighted by molar-refractivity contribution is -0.191. The van der Waals surface area contributed by atoms with Crippen LogP contribution in [0.5, 0.6) is 0 Å². The molecule has 1 atom stereocenters. The van der Waals surface area contributed by atoms with E-state index in [2.05, 4.69) is 5.32 Å². The number of piperazine rings is 1. The molecule has 0 spiro atoms. The van der Waals surface area contributed by atoms with Crippen molar-refractivity contribution in [2.45, 2.75) is 32.1 Å². The average Bonchev–Trinajstić information content (AvgIpc) is 2.03. The summed E-state index contributed by atoms with van der Waals surface area (Å²) in [7, 11) is 0. The van der Waals surface area contributed by atoms with Gasteiger partial charge in [0.15, 0.2) is 0 Å². The Morgan fingerprint density at radius 3 is 2.38 bits per heavy atom. The molecule has 0 aromatic heterocycles. The summed E-state index contributed by atoms with van der Waals surface area (Å²) in [6, 6.07) is -1.37. The summed E-state index contributed by atoms with van der Waals surface area (Å²) < 4.78 is 37.4. The molecule has 0 aromatic rings. The number of hydrogen-bond donors (Lipinski definition) is 1. The maximum Gasteiger partial charge on any atom is 0.405 e. The molecule has 1 rings (SSSR count). The first-order chi connectivity index (χ1) is 5.93. The summed E-state index contributed by atoms with van der Waals surface area (Å²) in [6.45, 7) is 4.72. The molecule has 1 saturated heterocycles. The summed E-state index contributed by atoms with van der Waals surface area (Å²) in [6.07, 6.45) is -4.11. The third kappa shape index (κ3) is 2.57. The van der Waals surface area contributed by atoms with Gasteiger partial charge in [0.05, 0.1) is 0 Å². The fraction of sp³-hybridized carbons (Fsp3) is 1.00. The number of nitrogens with zero attached hydrogens (tertiary/aromatic N) is 1. The van der Waals surface area contributed by atoms with Crippen molar-refractivity contribution in [3.05, 3.63) is 0 Å². The zero-order chi connectivity index (χ0) is 10.1. The van der Waals surface area contributed by atoms with Gasteiger partial charge in [-0.1, -0.05) is 0 Å². The smallest absolute Gasteiger partial charge is 0.314 e. The van der Waals surface area contributed by atoms with Gasteiger partial charge in [0.25, 0.3) is 0 Å². The molecule has 0 saturated carbocycles. The predicted octanol–water partition coefficient (Wildman–Crippen LogP) is 1.23. The minimum atomic E-state index is -4.11. The van der Waals surface area contributed by atoms with E-state index in [1.807, 2.05) is 0 Å². The molecule has 5 heteroatoms. The van der Waals surface area contributed by atoms with Gasteiger partial charge in [0.2, 0.25) is 0 Å². The maximum atomic E-state index is 12.5. The Hall–Kier alpha value is -0.290. The molecule has 0 aromatic carbocycles. The van der Waals surface area contributed by atoms with Crippen molar-refractivity contribution < 1.29 is 13.2 Å². The van der Waals surface area contributed by atoms with E-state index in [0.717, 1.165) is 0 Å². The van der Waals surface area contributed by atoms with E-state index >= 15 is 0 Å². The molecule has 1 aliphatic rings. The average molecular weight is 196 g/mol. The highest BCUT2D eigenvalue weighted by Gasteiger charge is 2.45. The second-order valence-corrected chi connectivity index (χ2v) is 3.59.